The molecule has 1 aromatic rings. The van der Waals surface area contributed by atoms with Gasteiger partial charge in [-0.3, -0.25) is 4.79 Å². The van der Waals surface area contributed by atoms with Gasteiger partial charge in [0, 0.05) is 23.1 Å². The van der Waals surface area contributed by atoms with Crippen LogP contribution in [0.5, 0.6) is 0 Å². The van der Waals surface area contributed by atoms with Gasteiger partial charge in [0.15, 0.2) is 9.84 Å². The maximum atomic E-state index is 11.7. The number of nitrogens with one attached hydrogen (secondary N) is 1. The lowest BCUT2D eigenvalue weighted by molar-refractivity contribution is -0.120. The molecule has 0 radical (unpaired) electrons. The molecular formula is C13H22N2O3S2. The smallest absolute Gasteiger partial charge is 0.226 e. The number of carbonyl (C=O) groups excluding carboxylic acids is 1. The van der Waals surface area contributed by atoms with E-state index in [-0.39, 0.29) is 35.8 Å². The van der Waals surface area contributed by atoms with E-state index in [1.165, 1.54) is 0 Å². The Morgan fingerprint density at radius 1 is 1.40 bits per heavy atom. The molecule has 1 heterocycles. The van der Waals surface area contributed by atoms with E-state index in [1.807, 2.05) is 5.38 Å². The van der Waals surface area contributed by atoms with Crippen LogP contribution in [-0.2, 0) is 26.5 Å². The number of aromatic nitrogens is 1. The number of hydrogen-bond donors (Lipinski definition) is 1. The molecule has 1 N–H and O–H groups in total. The van der Waals surface area contributed by atoms with Crippen LogP contribution in [0.4, 0.5) is 0 Å². The minimum absolute atomic E-state index is 0.0143. The molecule has 1 rings (SSSR count). The molecule has 0 aliphatic carbocycles. The highest BCUT2D eigenvalue weighted by molar-refractivity contribution is 7.91. The third-order valence-electron chi connectivity index (χ3n) is 2.71. The fourth-order valence-electron chi connectivity index (χ4n) is 1.45. The van der Waals surface area contributed by atoms with E-state index in [4.69, 9.17) is 0 Å². The first kappa shape index (κ1) is 17.1. The van der Waals surface area contributed by atoms with Gasteiger partial charge in [-0.1, -0.05) is 27.7 Å². The molecule has 0 unspecified atom stereocenters. The maximum Gasteiger partial charge on any atom is 0.226 e. The second-order valence-electron chi connectivity index (χ2n) is 5.66. The Kier molecular flexibility index (Phi) is 5.70. The first-order valence-electron chi connectivity index (χ1n) is 6.56. The van der Waals surface area contributed by atoms with Crippen molar-refractivity contribution in [2.45, 2.75) is 39.5 Å². The van der Waals surface area contributed by atoms with Crippen molar-refractivity contribution in [3.05, 3.63) is 16.1 Å². The Hall–Kier alpha value is -0.950. The topological polar surface area (TPSA) is 76.1 Å². The quantitative estimate of drug-likeness (QED) is 0.863. The van der Waals surface area contributed by atoms with Crippen LogP contribution in [0.3, 0.4) is 0 Å². The van der Waals surface area contributed by atoms with Crippen LogP contribution in [0.15, 0.2) is 5.38 Å². The molecule has 0 aliphatic heterocycles. The summed E-state index contributed by atoms with van der Waals surface area (Å²) in [6.07, 6.45) is 0.193. The lowest BCUT2D eigenvalue weighted by Gasteiger charge is -2.13. The number of rotatable bonds is 6. The highest BCUT2D eigenvalue weighted by Crippen LogP contribution is 2.25. The van der Waals surface area contributed by atoms with E-state index in [0.29, 0.717) is 0 Å². The zero-order chi connectivity index (χ0) is 15.4. The number of nitrogens with zero attached hydrogens (tertiary/aromatic N) is 1. The van der Waals surface area contributed by atoms with Gasteiger partial charge < -0.3 is 5.32 Å². The largest absolute Gasteiger partial charge is 0.355 e. The van der Waals surface area contributed by atoms with Crippen molar-refractivity contribution in [3.63, 3.8) is 0 Å². The minimum atomic E-state index is -3.03. The molecule has 0 aliphatic rings. The lowest BCUT2D eigenvalue weighted by Crippen LogP contribution is -2.30. The highest BCUT2D eigenvalue weighted by Gasteiger charge is 2.18. The summed E-state index contributed by atoms with van der Waals surface area (Å²) in [5.41, 5.74) is 0.713. The molecule has 5 nitrogen and oxygen atoms in total. The fourth-order valence-corrected chi connectivity index (χ4v) is 3.06. The molecule has 0 fully saturated rings. The van der Waals surface area contributed by atoms with Crippen LogP contribution in [0.25, 0.3) is 0 Å². The van der Waals surface area contributed by atoms with Gasteiger partial charge in [0.25, 0.3) is 0 Å². The van der Waals surface area contributed by atoms with Crippen molar-refractivity contribution in [3.8, 4) is 0 Å². The number of sulfone groups is 1. The number of amides is 1. The Morgan fingerprint density at radius 3 is 2.55 bits per heavy atom. The van der Waals surface area contributed by atoms with Crippen molar-refractivity contribution < 1.29 is 13.2 Å². The van der Waals surface area contributed by atoms with E-state index in [0.717, 1.165) is 10.7 Å². The van der Waals surface area contributed by atoms with Gasteiger partial charge in [-0.25, -0.2) is 13.4 Å². The van der Waals surface area contributed by atoms with E-state index < -0.39 is 9.84 Å². The number of thiazole rings is 1. The molecule has 1 aromatic heterocycles. The van der Waals surface area contributed by atoms with Crippen LogP contribution < -0.4 is 5.32 Å². The SMILES string of the molecule is CCS(=O)(=O)CCNC(=O)Cc1csc(C(C)(C)C)n1. The van der Waals surface area contributed by atoms with Gasteiger partial charge in [0.2, 0.25) is 5.91 Å². The lowest BCUT2D eigenvalue weighted by atomic mass is 9.98. The Bertz CT molecular complexity index is 556. The predicted octanol–water partition coefficient (Wildman–Crippen LogP) is 1.53. The molecule has 114 valence electrons. The highest BCUT2D eigenvalue weighted by atomic mass is 32.2. The normalized spacial score (nSPS) is 12.4. The average Bonchev–Trinajstić information content (AvgIpc) is 2.77. The summed E-state index contributed by atoms with van der Waals surface area (Å²) >= 11 is 1.54. The van der Waals surface area contributed by atoms with Gasteiger partial charge in [-0.2, -0.15) is 0 Å². The number of carbonyl (C=O) groups is 1. The van der Waals surface area contributed by atoms with Gasteiger partial charge in [-0.05, 0) is 0 Å². The van der Waals surface area contributed by atoms with Crippen molar-refractivity contribution in [2.24, 2.45) is 0 Å². The van der Waals surface area contributed by atoms with E-state index >= 15 is 0 Å². The van der Waals surface area contributed by atoms with Gasteiger partial charge >= 0.3 is 0 Å². The molecule has 0 spiro atoms. The summed E-state index contributed by atoms with van der Waals surface area (Å²) in [7, 11) is -3.03. The van der Waals surface area contributed by atoms with E-state index in [1.54, 1.807) is 18.3 Å². The van der Waals surface area contributed by atoms with Crippen LogP contribution in [-0.4, -0.2) is 37.4 Å². The molecule has 0 saturated heterocycles. The van der Waals surface area contributed by atoms with Crippen LogP contribution in [0, 0.1) is 0 Å². The molecule has 0 atom stereocenters. The summed E-state index contributed by atoms with van der Waals surface area (Å²) in [4.78, 5) is 16.1. The molecular weight excluding hydrogens is 296 g/mol. The molecule has 0 saturated carbocycles. The Balaban J connectivity index is 2.45. The van der Waals surface area contributed by atoms with Crippen LogP contribution >= 0.6 is 11.3 Å². The summed E-state index contributed by atoms with van der Waals surface area (Å²) in [6, 6.07) is 0. The molecule has 20 heavy (non-hydrogen) atoms. The average molecular weight is 318 g/mol. The fraction of sp³-hybridized carbons (Fsp3) is 0.692. The van der Waals surface area contributed by atoms with Gasteiger partial charge in [0.05, 0.1) is 22.9 Å². The Morgan fingerprint density at radius 2 is 2.05 bits per heavy atom. The first-order chi connectivity index (χ1) is 9.14. The third-order valence-corrected chi connectivity index (χ3v) is 5.73. The van der Waals surface area contributed by atoms with E-state index in [2.05, 4.69) is 31.1 Å². The van der Waals surface area contributed by atoms with Crippen molar-refractivity contribution >= 4 is 27.1 Å². The van der Waals surface area contributed by atoms with Crippen molar-refractivity contribution in [1.29, 1.82) is 0 Å². The Labute approximate surface area is 124 Å². The van der Waals surface area contributed by atoms with Gasteiger partial charge in [0.1, 0.15) is 0 Å². The second-order valence-corrected chi connectivity index (χ2v) is 8.99. The monoisotopic (exact) mass is 318 g/mol. The van der Waals surface area contributed by atoms with Crippen LogP contribution in [0.1, 0.15) is 38.4 Å². The van der Waals surface area contributed by atoms with Crippen LogP contribution in [0.2, 0.25) is 0 Å². The zero-order valence-corrected chi connectivity index (χ0v) is 14.0. The second kappa shape index (κ2) is 6.67. The van der Waals surface area contributed by atoms with Crippen molar-refractivity contribution in [1.82, 2.24) is 10.3 Å². The molecule has 0 aromatic carbocycles. The molecule has 1 amide bonds. The standard InChI is InChI=1S/C13H22N2O3S2/c1-5-20(17,18)7-6-14-11(16)8-10-9-19-12(15-10)13(2,3)4/h9H,5-8H2,1-4H3,(H,14,16). The van der Waals surface area contributed by atoms with E-state index in [9.17, 15) is 13.2 Å². The first-order valence-corrected chi connectivity index (χ1v) is 9.26. The van der Waals surface area contributed by atoms with Crippen molar-refractivity contribution in [2.75, 3.05) is 18.1 Å². The summed E-state index contributed by atoms with van der Waals surface area (Å²) in [5, 5.41) is 5.49. The minimum Gasteiger partial charge on any atom is -0.355 e. The van der Waals surface area contributed by atoms with Gasteiger partial charge in [-0.15, -0.1) is 11.3 Å². The maximum absolute atomic E-state index is 11.7. The predicted molar refractivity (Wildman–Crippen MR) is 81.9 cm³/mol. The zero-order valence-electron chi connectivity index (χ0n) is 12.4. The summed E-state index contributed by atoms with van der Waals surface area (Å²) in [5.74, 6) is -0.106. The third kappa shape index (κ3) is 5.58. The molecule has 0 bridgehead atoms. The molecule has 7 heteroatoms. The summed E-state index contributed by atoms with van der Waals surface area (Å²) in [6.45, 7) is 7.98. The number of hydrogen-bond acceptors (Lipinski definition) is 5. The summed E-state index contributed by atoms with van der Waals surface area (Å²) < 4.78 is 22.6.